The van der Waals surface area contributed by atoms with Crippen LogP contribution in [0.4, 0.5) is 0 Å². The number of carboxylic acids is 3. The van der Waals surface area contributed by atoms with Crippen molar-refractivity contribution >= 4 is 49.5 Å². The number of phosphoric ester groups is 1. The molecular formula is C59H111N6O16P. The van der Waals surface area contributed by atoms with E-state index in [1.54, 1.807) is 14.7 Å². The van der Waals surface area contributed by atoms with E-state index in [0.717, 1.165) is 38.5 Å². The van der Waals surface area contributed by atoms with Crippen molar-refractivity contribution in [3.05, 3.63) is 0 Å². The highest BCUT2D eigenvalue weighted by Crippen LogP contribution is 2.43. The first-order valence-corrected chi connectivity index (χ1v) is 33.1. The second kappa shape index (κ2) is 51.6. The third-order valence-electron chi connectivity index (χ3n) is 14.6. The van der Waals surface area contributed by atoms with E-state index in [1.165, 1.54) is 116 Å². The second-order valence-electron chi connectivity index (χ2n) is 22.2. The Morgan fingerprint density at radius 3 is 1.16 bits per heavy atom. The Hall–Kier alpha value is -3.76. The quantitative estimate of drug-likeness (QED) is 0.0188. The molecule has 0 spiro atoms. The van der Waals surface area contributed by atoms with E-state index in [-0.39, 0.29) is 103 Å². The Bertz CT molecular complexity index is 1720. The number of amides is 2. The van der Waals surface area contributed by atoms with Gasteiger partial charge in [-0.25, -0.2) is 4.57 Å². The normalized spacial score (nSPS) is 15.4. The van der Waals surface area contributed by atoms with Gasteiger partial charge in [0.05, 0.1) is 39.4 Å². The lowest BCUT2D eigenvalue weighted by atomic mass is 10.0. The van der Waals surface area contributed by atoms with Gasteiger partial charge in [-0.15, -0.1) is 0 Å². The zero-order valence-electron chi connectivity index (χ0n) is 50.6. The van der Waals surface area contributed by atoms with Crippen molar-refractivity contribution in [2.24, 2.45) is 0 Å². The highest BCUT2D eigenvalue weighted by Gasteiger charge is 2.27. The van der Waals surface area contributed by atoms with Gasteiger partial charge >= 0.3 is 37.7 Å². The molecule has 1 heterocycles. The summed E-state index contributed by atoms with van der Waals surface area (Å²) in [5.74, 6) is -4.66. The third-order valence-corrected chi connectivity index (χ3v) is 15.6. The number of esters is 2. The smallest absolute Gasteiger partial charge is 0.472 e. The van der Waals surface area contributed by atoms with Crippen molar-refractivity contribution in [3.8, 4) is 0 Å². The molecule has 478 valence electrons. The van der Waals surface area contributed by atoms with Crippen LogP contribution in [0.3, 0.4) is 0 Å². The van der Waals surface area contributed by atoms with Gasteiger partial charge < -0.3 is 40.3 Å². The predicted molar refractivity (Wildman–Crippen MR) is 316 cm³/mol. The first-order valence-electron chi connectivity index (χ1n) is 31.6. The number of carboxylic acid groups (broad SMARTS) is 3. The van der Waals surface area contributed by atoms with Crippen molar-refractivity contribution in [1.29, 1.82) is 0 Å². The number of aliphatic carboxylic acids is 3. The third kappa shape index (κ3) is 48.6. The number of nitrogens with zero attached hydrogens (tertiary/aromatic N) is 4. The van der Waals surface area contributed by atoms with E-state index >= 15 is 0 Å². The molecule has 1 fully saturated rings. The Morgan fingerprint density at radius 1 is 0.415 bits per heavy atom. The fraction of sp³-hybridized carbons (Fsp3) is 0.881. The van der Waals surface area contributed by atoms with Crippen LogP contribution < -0.4 is 10.6 Å². The largest absolute Gasteiger partial charge is 0.480 e. The summed E-state index contributed by atoms with van der Waals surface area (Å²) >= 11 is 0. The van der Waals surface area contributed by atoms with Gasteiger partial charge in [0.15, 0.2) is 6.10 Å². The summed E-state index contributed by atoms with van der Waals surface area (Å²) in [5, 5.41) is 33.8. The van der Waals surface area contributed by atoms with Gasteiger partial charge in [-0.2, -0.15) is 0 Å². The summed E-state index contributed by atoms with van der Waals surface area (Å²) < 4.78 is 34.2. The molecule has 0 bridgehead atoms. The van der Waals surface area contributed by atoms with Crippen LogP contribution in [0.25, 0.3) is 0 Å². The highest BCUT2D eigenvalue weighted by molar-refractivity contribution is 7.47. The number of unbranched alkanes of at least 4 members (excludes halogenated alkanes) is 26. The van der Waals surface area contributed by atoms with Crippen molar-refractivity contribution < 1.29 is 76.9 Å². The topological polar surface area (TPSA) is 291 Å². The van der Waals surface area contributed by atoms with Gasteiger partial charge in [0.25, 0.3) is 0 Å². The minimum Gasteiger partial charge on any atom is -0.480 e. The highest BCUT2D eigenvalue weighted by atomic mass is 31.2. The Balaban J connectivity index is 2.52. The Kier molecular flexibility index (Phi) is 48.0. The fourth-order valence-electron chi connectivity index (χ4n) is 9.71. The molecule has 0 aliphatic carbocycles. The van der Waals surface area contributed by atoms with Crippen LogP contribution in [0.5, 0.6) is 0 Å². The molecule has 2 amide bonds. The maximum atomic E-state index is 13.0. The van der Waals surface area contributed by atoms with E-state index in [1.807, 2.05) is 4.90 Å². The van der Waals surface area contributed by atoms with E-state index in [4.69, 9.17) is 18.5 Å². The van der Waals surface area contributed by atoms with E-state index in [0.29, 0.717) is 64.8 Å². The van der Waals surface area contributed by atoms with Crippen molar-refractivity contribution in [1.82, 2.24) is 30.2 Å². The lowest BCUT2D eigenvalue weighted by molar-refractivity contribution is -0.161. The van der Waals surface area contributed by atoms with Gasteiger partial charge in [0.2, 0.25) is 11.8 Å². The minimum atomic E-state index is -4.66. The molecule has 23 heteroatoms. The SMILES string of the molecule is CCCCCCCCCCCCCCCC(=O)OC[C@H](COP(=O)(O)OCCNC(=O)CCCCCNC(=O)CN1CCN(CC(=O)O)CCN(CC(=O)O)CCN(CC(=O)O)CC1)OC(=O)CCCCCCCCCCCCCCC. The number of hydrogen-bond donors (Lipinski definition) is 6. The van der Waals surface area contributed by atoms with Crippen LogP contribution in [-0.2, 0) is 56.6 Å². The number of phosphoric acid groups is 1. The number of carbonyl (C=O) groups excluding carboxylic acids is 4. The van der Waals surface area contributed by atoms with Crippen LogP contribution in [0.2, 0.25) is 0 Å². The van der Waals surface area contributed by atoms with Gasteiger partial charge in [0.1, 0.15) is 6.61 Å². The molecule has 6 N–H and O–H groups in total. The molecule has 0 aromatic rings. The maximum Gasteiger partial charge on any atom is 0.472 e. The summed E-state index contributed by atoms with van der Waals surface area (Å²) in [7, 11) is -4.66. The molecule has 1 rings (SSSR count). The average molecular weight is 1190 g/mol. The first-order chi connectivity index (χ1) is 39.5. The van der Waals surface area contributed by atoms with Crippen molar-refractivity contribution in [3.63, 3.8) is 0 Å². The molecule has 1 saturated heterocycles. The number of hydrogen-bond acceptors (Lipinski definition) is 16. The van der Waals surface area contributed by atoms with Gasteiger partial charge in [-0.3, -0.25) is 62.2 Å². The molecule has 22 nitrogen and oxygen atoms in total. The molecule has 0 aromatic heterocycles. The zero-order chi connectivity index (χ0) is 60.3. The second-order valence-corrected chi connectivity index (χ2v) is 23.6. The van der Waals surface area contributed by atoms with Gasteiger partial charge in [-0.05, 0) is 25.7 Å². The molecule has 0 radical (unpaired) electrons. The standard InChI is InChI=1S/C59H111N6O16P/c1-3-5-7-9-11-13-15-17-19-21-23-25-29-33-58(74)78-50-52(81-59(75)34-30-26-24-22-20-18-16-14-12-10-8-6-4-2)51-80-82(76,77)79-45-36-61-53(66)32-28-27-31-35-60-54(67)46-62-37-39-63(47-55(68)69)41-43-65(49-57(72)73)44-42-64(40-38-62)48-56(70)71/h52H,3-51H2,1-2H3,(H,60,67)(H,61,66)(H,68,69)(H,70,71)(H,72,73)(H,76,77)/t52-/m1/s1. The summed E-state index contributed by atoms with van der Waals surface area (Å²) in [6.45, 7) is 4.98. The summed E-state index contributed by atoms with van der Waals surface area (Å²) in [4.78, 5) is 103. The van der Waals surface area contributed by atoms with Gasteiger partial charge in [-0.1, -0.05) is 174 Å². The summed E-state index contributed by atoms with van der Waals surface area (Å²) in [6, 6.07) is 0. The summed E-state index contributed by atoms with van der Waals surface area (Å²) in [6.07, 6.45) is 31.6. The molecule has 82 heavy (non-hydrogen) atoms. The summed E-state index contributed by atoms with van der Waals surface area (Å²) in [5.41, 5.74) is 0. The van der Waals surface area contributed by atoms with E-state index < -0.39 is 50.4 Å². The lowest BCUT2D eigenvalue weighted by Gasteiger charge is -2.32. The van der Waals surface area contributed by atoms with Crippen LogP contribution in [0, 0.1) is 0 Å². The van der Waals surface area contributed by atoms with Crippen LogP contribution in [0.15, 0.2) is 0 Å². The Morgan fingerprint density at radius 2 is 0.756 bits per heavy atom. The van der Waals surface area contributed by atoms with Crippen LogP contribution in [0.1, 0.15) is 219 Å². The molecule has 1 aliphatic heterocycles. The van der Waals surface area contributed by atoms with Crippen LogP contribution in [-0.4, -0.2) is 199 Å². The van der Waals surface area contributed by atoms with E-state index in [9.17, 15) is 58.3 Å². The zero-order valence-corrected chi connectivity index (χ0v) is 51.5. The first kappa shape index (κ1) is 76.3. The fourth-order valence-corrected chi connectivity index (χ4v) is 10.5. The van der Waals surface area contributed by atoms with Crippen molar-refractivity contribution in [2.45, 2.75) is 225 Å². The number of rotatable bonds is 52. The van der Waals surface area contributed by atoms with E-state index in [2.05, 4.69) is 24.5 Å². The monoisotopic (exact) mass is 1190 g/mol. The lowest BCUT2D eigenvalue weighted by Crippen LogP contribution is -2.49. The molecule has 0 saturated carbocycles. The maximum absolute atomic E-state index is 13.0. The molecule has 2 atom stereocenters. The molecule has 0 aromatic carbocycles. The molecule has 1 unspecified atom stereocenters. The molecule has 1 aliphatic rings. The minimum absolute atomic E-state index is 0.00807. The van der Waals surface area contributed by atoms with Gasteiger partial charge in [0, 0.05) is 84.7 Å². The molecular weight excluding hydrogens is 1080 g/mol. The number of ether oxygens (including phenoxy) is 2. The Labute approximate surface area is 491 Å². The average Bonchev–Trinajstić information content (AvgIpc) is 3.42. The number of carbonyl (C=O) groups is 7. The number of nitrogens with one attached hydrogen (secondary N) is 2. The van der Waals surface area contributed by atoms with Crippen LogP contribution >= 0.6 is 7.82 Å². The predicted octanol–water partition coefficient (Wildman–Crippen LogP) is 8.81. The van der Waals surface area contributed by atoms with Crippen molar-refractivity contribution in [2.75, 3.05) is 111 Å².